The van der Waals surface area contributed by atoms with Crippen LogP contribution in [0.5, 0.6) is 0 Å². The van der Waals surface area contributed by atoms with Crippen LogP contribution < -0.4 is 0 Å². The normalized spacial score (nSPS) is 22.5. The van der Waals surface area contributed by atoms with Gasteiger partial charge in [-0.2, -0.15) is 5.10 Å². The maximum atomic E-state index is 11.7. The van der Waals surface area contributed by atoms with Crippen LogP contribution in [0.25, 0.3) is 5.69 Å². The number of hydrogen-bond donors (Lipinski definition) is 0. The molecule has 1 spiro atoms. The number of piperidine rings is 1. The van der Waals surface area contributed by atoms with Crippen LogP contribution in [-0.4, -0.2) is 45.8 Å². The fraction of sp³-hybridized carbons (Fsp3) is 0.500. The van der Waals surface area contributed by atoms with Gasteiger partial charge >= 0.3 is 5.97 Å². The van der Waals surface area contributed by atoms with E-state index in [0.717, 1.165) is 50.4 Å². The van der Waals surface area contributed by atoms with Gasteiger partial charge < -0.3 is 4.74 Å². The standard InChI is InChI=1S/C18H22N4O2/c1-24-17(23)15-11-18(15)7-9-21(10-8-18)12-16-19-13-20-22(16)14-5-3-2-4-6-14/h2-6,13,15H,7-12H2,1H3. The van der Waals surface area contributed by atoms with Crippen LogP contribution in [0, 0.1) is 11.3 Å². The van der Waals surface area contributed by atoms with Crippen molar-refractivity contribution in [3.63, 3.8) is 0 Å². The molecule has 1 aromatic carbocycles. The lowest BCUT2D eigenvalue weighted by atomic mass is 9.91. The number of rotatable bonds is 4. The Bertz CT molecular complexity index is 720. The van der Waals surface area contributed by atoms with Gasteiger partial charge in [0.1, 0.15) is 12.2 Å². The molecule has 1 saturated heterocycles. The molecular weight excluding hydrogens is 304 g/mol. The van der Waals surface area contributed by atoms with Crippen molar-refractivity contribution in [1.82, 2.24) is 19.7 Å². The highest BCUT2D eigenvalue weighted by Crippen LogP contribution is 2.59. The zero-order valence-corrected chi connectivity index (χ0v) is 13.9. The minimum absolute atomic E-state index is 0.0349. The summed E-state index contributed by atoms with van der Waals surface area (Å²) in [5.74, 6) is 1.04. The average Bonchev–Trinajstić information content (AvgIpc) is 3.13. The Morgan fingerprint density at radius 2 is 2.04 bits per heavy atom. The summed E-state index contributed by atoms with van der Waals surface area (Å²) in [6, 6.07) is 10.1. The number of ether oxygens (including phenoxy) is 1. The second kappa shape index (κ2) is 6.02. The second-order valence-electron chi connectivity index (χ2n) is 6.84. The third-order valence-electron chi connectivity index (χ3n) is 5.51. The third-order valence-corrected chi connectivity index (χ3v) is 5.51. The van der Waals surface area contributed by atoms with Crippen molar-refractivity contribution in [1.29, 1.82) is 0 Å². The Kier molecular flexibility index (Phi) is 3.84. The van der Waals surface area contributed by atoms with Gasteiger partial charge in [-0.15, -0.1) is 0 Å². The number of carbonyl (C=O) groups excluding carboxylic acids is 1. The van der Waals surface area contributed by atoms with E-state index < -0.39 is 0 Å². The molecule has 1 unspecified atom stereocenters. The predicted octanol–water partition coefficient (Wildman–Crippen LogP) is 2.04. The van der Waals surface area contributed by atoms with Crippen LogP contribution in [0.4, 0.5) is 0 Å². The van der Waals surface area contributed by atoms with Crippen LogP contribution >= 0.6 is 0 Å². The molecule has 6 nitrogen and oxygen atoms in total. The van der Waals surface area contributed by atoms with Crippen molar-refractivity contribution in [3.05, 3.63) is 42.5 Å². The van der Waals surface area contributed by atoms with Crippen LogP contribution in [0.3, 0.4) is 0 Å². The molecule has 1 aliphatic heterocycles. The minimum atomic E-state index is -0.0349. The number of likely N-dealkylation sites (tertiary alicyclic amines) is 1. The number of nitrogens with zero attached hydrogens (tertiary/aromatic N) is 4. The van der Waals surface area contributed by atoms with Gasteiger partial charge in [0, 0.05) is 0 Å². The summed E-state index contributed by atoms with van der Waals surface area (Å²) in [7, 11) is 1.49. The first-order valence-corrected chi connectivity index (χ1v) is 8.46. The van der Waals surface area contributed by atoms with Gasteiger partial charge in [-0.1, -0.05) is 18.2 Å². The van der Waals surface area contributed by atoms with Crippen molar-refractivity contribution in [2.24, 2.45) is 11.3 Å². The summed E-state index contributed by atoms with van der Waals surface area (Å²) in [4.78, 5) is 18.6. The summed E-state index contributed by atoms with van der Waals surface area (Å²) in [6.45, 7) is 2.78. The molecule has 126 valence electrons. The Labute approximate surface area is 141 Å². The van der Waals surface area contributed by atoms with Gasteiger partial charge in [0.15, 0.2) is 0 Å². The van der Waals surface area contributed by atoms with E-state index in [0.29, 0.717) is 0 Å². The lowest BCUT2D eigenvalue weighted by molar-refractivity contribution is -0.143. The van der Waals surface area contributed by atoms with E-state index >= 15 is 0 Å². The predicted molar refractivity (Wildman–Crippen MR) is 88.4 cm³/mol. The summed E-state index contributed by atoms with van der Waals surface area (Å²) in [6.07, 6.45) is 4.73. The summed E-state index contributed by atoms with van der Waals surface area (Å²) in [5.41, 5.74) is 1.24. The number of hydrogen-bond acceptors (Lipinski definition) is 5. The van der Waals surface area contributed by atoms with Crippen molar-refractivity contribution in [3.8, 4) is 5.69 Å². The summed E-state index contributed by atoms with van der Waals surface area (Å²) in [5, 5.41) is 4.36. The van der Waals surface area contributed by atoms with E-state index in [1.165, 1.54) is 7.11 Å². The van der Waals surface area contributed by atoms with Crippen LogP contribution in [-0.2, 0) is 16.1 Å². The fourth-order valence-corrected chi connectivity index (χ4v) is 3.89. The summed E-state index contributed by atoms with van der Waals surface area (Å²) < 4.78 is 6.81. The first kappa shape index (κ1) is 15.3. The summed E-state index contributed by atoms with van der Waals surface area (Å²) >= 11 is 0. The zero-order valence-electron chi connectivity index (χ0n) is 13.9. The van der Waals surface area contributed by atoms with E-state index in [4.69, 9.17) is 4.74 Å². The molecule has 1 saturated carbocycles. The largest absolute Gasteiger partial charge is 0.469 e. The van der Waals surface area contributed by atoms with Crippen molar-refractivity contribution < 1.29 is 9.53 Å². The van der Waals surface area contributed by atoms with Gasteiger partial charge in [0.2, 0.25) is 0 Å². The zero-order chi connectivity index (χ0) is 16.6. The average molecular weight is 326 g/mol. The number of carbonyl (C=O) groups is 1. The van der Waals surface area contributed by atoms with E-state index in [1.54, 1.807) is 6.33 Å². The Morgan fingerprint density at radius 1 is 1.29 bits per heavy atom. The van der Waals surface area contributed by atoms with Crippen molar-refractivity contribution in [2.75, 3.05) is 20.2 Å². The van der Waals surface area contributed by atoms with E-state index in [2.05, 4.69) is 15.0 Å². The fourth-order valence-electron chi connectivity index (χ4n) is 3.89. The quantitative estimate of drug-likeness (QED) is 0.805. The molecule has 0 radical (unpaired) electrons. The maximum Gasteiger partial charge on any atom is 0.309 e. The third kappa shape index (κ3) is 2.71. The molecule has 2 fully saturated rings. The Morgan fingerprint density at radius 3 is 2.75 bits per heavy atom. The van der Waals surface area contributed by atoms with Crippen LogP contribution in [0.2, 0.25) is 0 Å². The van der Waals surface area contributed by atoms with E-state index in [-0.39, 0.29) is 17.3 Å². The molecule has 0 N–H and O–H groups in total. The molecule has 2 aromatic rings. The maximum absolute atomic E-state index is 11.7. The Hall–Kier alpha value is -2.21. The van der Waals surface area contributed by atoms with Crippen LogP contribution in [0.1, 0.15) is 25.1 Å². The van der Waals surface area contributed by atoms with Gasteiger partial charge in [-0.3, -0.25) is 9.69 Å². The lowest BCUT2D eigenvalue weighted by Gasteiger charge is -2.32. The van der Waals surface area contributed by atoms with E-state index in [1.807, 2.05) is 35.0 Å². The molecule has 1 aliphatic carbocycles. The van der Waals surface area contributed by atoms with Crippen molar-refractivity contribution in [2.45, 2.75) is 25.8 Å². The number of esters is 1. The molecule has 1 atom stereocenters. The highest BCUT2D eigenvalue weighted by molar-refractivity contribution is 5.76. The van der Waals surface area contributed by atoms with Gasteiger partial charge in [0.05, 0.1) is 25.3 Å². The molecule has 24 heavy (non-hydrogen) atoms. The first-order valence-electron chi connectivity index (χ1n) is 8.46. The number of para-hydroxylation sites is 1. The highest BCUT2D eigenvalue weighted by Gasteiger charge is 2.59. The number of benzene rings is 1. The molecule has 0 bridgehead atoms. The molecule has 6 heteroatoms. The molecule has 2 aliphatic rings. The van der Waals surface area contributed by atoms with Gasteiger partial charge in [-0.25, -0.2) is 9.67 Å². The SMILES string of the molecule is COC(=O)C1CC12CCN(Cc1ncnn1-c1ccccc1)CC2. The second-order valence-corrected chi connectivity index (χ2v) is 6.84. The molecular formula is C18H22N4O2. The number of methoxy groups -OCH3 is 1. The Balaban J connectivity index is 1.39. The molecule has 0 amide bonds. The molecule has 2 heterocycles. The van der Waals surface area contributed by atoms with Gasteiger partial charge in [0.25, 0.3) is 0 Å². The molecule has 1 aromatic heterocycles. The number of aromatic nitrogens is 3. The lowest BCUT2D eigenvalue weighted by Crippen LogP contribution is -2.36. The first-order chi connectivity index (χ1) is 11.7. The molecule has 4 rings (SSSR count). The minimum Gasteiger partial charge on any atom is -0.469 e. The topological polar surface area (TPSA) is 60.2 Å². The van der Waals surface area contributed by atoms with Crippen LogP contribution in [0.15, 0.2) is 36.7 Å². The van der Waals surface area contributed by atoms with Crippen molar-refractivity contribution >= 4 is 5.97 Å². The highest BCUT2D eigenvalue weighted by atomic mass is 16.5. The van der Waals surface area contributed by atoms with Gasteiger partial charge in [-0.05, 0) is 49.9 Å². The van der Waals surface area contributed by atoms with E-state index in [9.17, 15) is 4.79 Å². The smallest absolute Gasteiger partial charge is 0.309 e. The monoisotopic (exact) mass is 326 g/mol.